The number of Topliss-reactive ketones (excluding diaryl/α,β-unsaturated/α-hetero) is 2. The molecular formula is C16H20O4. The van der Waals surface area contributed by atoms with E-state index in [4.69, 9.17) is 4.74 Å². The molecule has 20 heavy (non-hydrogen) atoms. The summed E-state index contributed by atoms with van der Waals surface area (Å²) in [6.07, 6.45) is 0.391. The highest BCUT2D eigenvalue weighted by molar-refractivity contribution is 6.08. The average Bonchev–Trinajstić information content (AvgIpc) is 2.39. The largest absolute Gasteiger partial charge is 0.465 e. The first kappa shape index (κ1) is 16.1. The topological polar surface area (TPSA) is 60.4 Å². The Morgan fingerprint density at radius 3 is 2.25 bits per heavy atom. The first-order chi connectivity index (χ1) is 9.45. The summed E-state index contributed by atoms with van der Waals surface area (Å²) in [5.41, 5.74) is 1.51. The maximum absolute atomic E-state index is 12.4. The lowest BCUT2D eigenvalue weighted by atomic mass is 9.92. The average molecular weight is 276 g/mol. The van der Waals surface area contributed by atoms with E-state index < -0.39 is 11.9 Å². The summed E-state index contributed by atoms with van der Waals surface area (Å²) < 4.78 is 4.93. The number of rotatable bonds is 7. The van der Waals surface area contributed by atoms with Crippen LogP contribution in [-0.4, -0.2) is 24.1 Å². The first-order valence-corrected chi connectivity index (χ1v) is 6.72. The van der Waals surface area contributed by atoms with Gasteiger partial charge < -0.3 is 9.53 Å². The van der Waals surface area contributed by atoms with Gasteiger partial charge in [-0.3, -0.25) is 9.59 Å². The van der Waals surface area contributed by atoms with Crippen LogP contribution in [0.4, 0.5) is 0 Å². The molecule has 0 N–H and O–H groups in total. The van der Waals surface area contributed by atoms with Crippen molar-refractivity contribution in [3.05, 3.63) is 35.4 Å². The van der Waals surface area contributed by atoms with Gasteiger partial charge in [-0.05, 0) is 27.2 Å². The smallest absolute Gasteiger partial charge is 0.316 e. The van der Waals surface area contributed by atoms with Crippen LogP contribution in [0.3, 0.4) is 0 Å². The predicted molar refractivity (Wildman–Crippen MR) is 75.5 cm³/mol. The molecule has 0 aliphatic carbocycles. The first-order valence-electron chi connectivity index (χ1n) is 6.72. The second-order valence-corrected chi connectivity index (χ2v) is 4.78. The normalized spacial score (nSPS) is 11.8. The number of carbonyl (C=O) groups excluding carboxylic acids is 3. The van der Waals surface area contributed by atoms with E-state index in [0.29, 0.717) is 5.56 Å². The molecular weight excluding hydrogens is 256 g/mol. The second-order valence-electron chi connectivity index (χ2n) is 4.78. The minimum absolute atomic E-state index is 0.0454. The molecule has 0 saturated heterocycles. The highest BCUT2D eigenvalue weighted by atomic mass is 16.5. The van der Waals surface area contributed by atoms with Crippen LogP contribution >= 0.6 is 0 Å². The molecule has 108 valence electrons. The van der Waals surface area contributed by atoms with Crippen molar-refractivity contribution in [3.63, 3.8) is 0 Å². The molecule has 1 atom stereocenters. The minimum atomic E-state index is -0.901. The van der Waals surface area contributed by atoms with Gasteiger partial charge in [-0.25, -0.2) is 0 Å². The van der Waals surface area contributed by atoms with E-state index in [1.807, 2.05) is 19.1 Å². The highest BCUT2D eigenvalue weighted by Crippen LogP contribution is 2.17. The number of ether oxygens (including phenoxy) is 1. The summed E-state index contributed by atoms with van der Waals surface area (Å²) in [7, 11) is 0. The summed E-state index contributed by atoms with van der Waals surface area (Å²) in [4.78, 5) is 35.3. The molecule has 1 rings (SSSR count). The molecule has 4 nitrogen and oxygen atoms in total. The Morgan fingerprint density at radius 1 is 1.15 bits per heavy atom. The van der Waals surface area contributed by atoms with Gasteiger partial charge in [-0.1, -0.05) is 29.8 Å². The fourth-order valence-electron chi connectivity index (χ4n) is 1.87. The Kier molecular flexibility index (Phi) is 6.10. The van der Waals surface area contributed by atoms with Crippen molar-refractivity contribution in [2.45, 2.75) is 33.6 Å². The van der Waals surface area contributed by atoms with Crippen molar-refractivity contribution in [1.29, 1.82) is 0 Å². The van der Waals surface area contributed by atoms with E-state index in [2.05, 4.69) is 0 Å². The maximum Gasteiger partial charge on any atom is 0.316 e. The molecule has 0 aliphatic heterocycles. The number of aryl methyl sites for hydroxylation is 1. The van der Waals surface area contributed by atoms with E-state index in [-0.39, 0.29) is 31.0 Å². The van der Waals surface area contributed by atoms with Crippen molar-refractivity contribution in [2.24, 2.45) is 5.92 Å². The van der Waals surface area contributed by atoms with Crippen LogP contribution in [0.25, 0.3) is 0 Å². The van der Waals surface area contributed by atoms with Gasteiger partial charge in [0.1, 0.15) is 11.7 Å². The van der Waals surface area contributed by atoms with Crippen LogP contribution in [0.15, 0.2) is 24.3 Å². The molecule has 0 aromatic heterocycles. The molecule has 0 amide bonds. The van der Waals surface area contributed by atoms with Crippen molar-refractivity contribution in [1.82, 2.24) is 0 Å². The van der Waals surface area contributed by atoms with Crippen LogP contribution in [0.2, 0.25) is 0 Å². The quantitative estimate of drug-likeness (QED) is 0.436. The predicted octanol–water partition coefficient (Wildman–Crippen LogP) is 2.73. The molecule has 1 aromatic rings. The summed E-state index contributed by atoms with van der Waals surface area (Å²) in [6, 6.07) is 7.02. The van der Waals surface area contributed by atoms with E-state index in [1.165, 1.54) is 6.92 Å². The molecule has 1 unspecified atom stereocenters. The minimum Gasteiger partial charge on any atom is -0.465 e. The van der Waals surface area contributed by atoms with Crippen LogP contribution in [-0.2, 0) is 14.3 Å². The van der Waals surface area contributed by atoms with E-state index in [0.717, 1.165) is 5.56 Å². The SMILES string of the molecule is CCOC(=O)C(CCC(C)=O)C(=O)c1ccc(C)cc1. The fraction of sp³-hybridized carbons (Fsp3) is 0.438. The Labute approximate surface area is 119 Å². The van der Waals surface area contributed by atoms with Crippen LogP contribution in [0, 0.1) is 12.8 Å². The van der Waals surface area contributed by atoms with E-state index in [9.17, 15) is 14.4 Å². The van der Waals surface area contributed by atoms with Gasteiger partial charge in [0.25, 0.3) is 0 Å². The monoisotopic (exact) mass is 276 g/mol. The second kappa shape index (κ2) is 7.58. The van der Waals surface area contributed by atoms with Crippen molar-refractivity contribution in [2.75, 3.05) is 6.61 Å². The number of esters is 1. The van der Waals surface area contributed by atoms with Gasteiger partial charge >= 0.3 is 5.97 Å². The lowest BCUT2D eigenvalue weighted by Crippen LogP contribution is -2.27. The van der Waals surface area contributed by atoms with Gasteiger partial charge in [-0.2, -0.15) is 0 Å². The van der Waals surface area contributed by atoms with E-state index >= 15 is 0 Å². The van der Waals surface area contributed by atoms with Gasteiger partial charge in [0.05, 0.1) is 6.61 Å². The fourth-order valence-corrected chi connectivity index (χ4v) is 1.87. The molecule has 4 heteroatoms. The van der Waals surface area contributed by atoms with Crippen LogP contribution in [0.5, 0.6) is 0 Å². The third kappa shape index (κ3) is 4.61. The van der Waals surface area contributed by atoms with Crippen molar-refractivity contribution < 1.29 is 19.1 Å². The third-order valence-electron chi connectivity index (χ3n) is 3.01. The molecule has 0 aliphatic rings. The van der Waals surface area contributed by atoms with Gasteiger partial charge in [0.15, 0.2) is 5.78 Å². The van der Waals surface area contributed by atoms with Gasteiger partial charge in [0, 0.05) is 12.0 Å². The number of carbonyl (C=O) groups is 3. The van der Waals surface area contributed by atoms with Crippen molar-refractivity contribution in [3.8, 4) is 0 Å². The molecule has 0 spiro atoms. The van der Waals surface area contributed by atoms with E-state index in [1.54, 1.807) is 19.1 Å². The summed E-state index contributed by atoms with van der Waals surface area (Å²) in [6.45, 7) is 5.28. The zero-order valence-corrected chi connectivity index (χ0v) is 12.1. The Hall–Kier alpha value is -1.97. The number of hydrogen-bond acceptors (Lipinski definition) is 4. The third-order valence-corrected chi connectivity index (χ3v) is 3.01. The Morgan fingerprint density at radius 2 is 1.75 bits per heavy atom. The van der Waals surface area contributed by atoms with Gasteiger partial charge in [-0.15, -0.1) is 0 Å². The summed E-state index contributed by atoms with van der Waals surface area (Å²) in [5.74, 6) is -1.79. The zero-order chi connectivity index (χ0) is 15.1. The Balaban J connectivity index is 2.90. The molecule has 0 fully saturated rings. The summed E-state index contributed by atoms with van der Waals surface area (Å²) >= 11 is 0. The number of benzene rings is 1. The number of hydrogen-bond donors (Lipinski definition) is 0. The number of ketones is 2. The molecule has 0 heterocycles. The van der Waals surface area contributed by atoms with Crippen molar-refractivity contribution >= 4 is 17.5 Å². The lowest BCUT2D eigenvalue weighted by molar-refractivity contribution is -0.146. The van der Waals surface area contributed by atoms with Gasteiger partial charge in [0.2, 0.25) is 0 Å². The summed E-state index contributed by atoms with van der Waals surface area (Å²) in [5, 5.41) is 0. The molecule has 0 saturated carbocycles. The highest BCUT2D eigenvalue weighted by Gasteiger charge is 2.28. The molecule has 0 bridgehead atoms. The molecule has 1 aromatic carbocycles. The standard InChI is InChI=1S/C16H20O4/c1-4-20-16(19)14(10-7-12(3)17)15(18)13-8-5-11(2)6-9-13/h5-6,8-9,14H,4,7,10H2,1-3H3. The maximum atomic E-state index is 12.4. The molecule has 0 radical (unpaired) electrons. The zero-order valence-electron chi connectivity index (χ0n) is 12.1. The van der Waals surface area contributed by atoms with Crippen LogP contribution in [0.1, 0.15) is 42.6 Å². The lowest BCUT2D eigenvalue weighted by Gasteiger charge is -2.14. The van der Waals surface area contributed by atoms with Crippen LogP contribution < -0.4 is 0 Å². The Bertz CT molecular complexity index is 488.